The summed E-state index contributed by atoms with van der Waals surface area (Å²) in [5.74, 6) is 1.03. The van der Waals surface area contributed by atoms with Crippen molar-refractivity contribution in [1.82, 2.24) is 4.90 Å². The highest BCUT2D eigenvalue weighted by Crippen LogP contribution is 2.34. The van der Waals surface area contributed by atoms with E-state index in [4.69, 9.17) is 4.74 Å². The van der Waals surface area contributed by atoms with E-state index in [0.29, 0.717) is 6.04 Å². The molecule has 13 heavy (non-hydrogen) atoms. The number of para-hydroxylation sites is 1. The number of nitrogens with zero attached hydrogens (tertiary/aromatic N) is 1. The van der Waals surface area contributed by atoms with Crippen LogP contribution < -0.4 is 4.74 Å². The zero-order valence-corrected chi connectivity index (χ0v) is 8.32. The number of hydrogen-bond acceptors (Lipinski definition) is 2. The molecule has 2 atom stereocenters. The standard InChI is InChI=1S/C11H15NO/c1-8-10-6-4-5-7-11(10)13-9(2)12(8)3/h4-9H,1-3H3. The van der Waals surface area contributed by atoms with Crippen molar-refractivity contribution in [2.24, 2.45) is 0 Å². The van der Waals surface area contributed by atoms with Crippen molar-refractivity contribution in [3.8, 4) is 5.75 Å². The lowest BCUT2D eigenvalue weighted by atomic mass is 10.0. The van der Waals surface area contributed by atoms with Gasteiger partial charge in [-0.1, -0.05) is 18.2 Å². The molecule has 2 heteroatoms. The zero-order valence-electron chi connectivity index (χ0n) is 8.32. The fourth-order valence-corrected chi connectivity index (χ4v) is 1.73. The van der Waals surface area contributed by atoms with Gasteiger partial charge in [0.1, 0.15) is 12.0 Å². The molecular weight excluding hydrogens is 162 g/mol. The van der Waals surface area contributed by atoms with Crippen molar-refractivity contribution in [2.45, 2.75) is 26.1 Å². The molecule has 0 N–H and O–H groups in total. The smallest absolute Gasteiger partial charge is 0.150 e. The van der Waals surface area contributed by atoms with Crippen LogP contribution in [0.15, 0.2) is 24.3 Å². The molecule has 1 heterocycles. The second-order valence-corrected chi connectivity index (χ2v) is 3.60. The Bertz CT molecular complexity index is 311. The van der Waals surface area contributed by atoms with Crippen LogP contribution in [0.3, 0.4) is 0 Å². The van der Waals surface area contributed by atoms with Crippen LogP contribution in [0.1, 0.15) is 25.5 Å². The van der Waals surface area contributed by atoms with Gasteiger partial charge in [-0.25, -0.2) is 0 Å². The Labute approximate surface area is 79.1 Å². The summed E-state index contributed by atoms with van der Waals surface area (Å²) in [5, 5.41) is 0. The molecule has 2 unspecified atom stereocenters. The third-order valence-electron chi connectivity index (χ3n) is 2.85. The quantitative estimate of drug-likeness (QED) is 0.603. The highest BCUT2D eigenvalue weighted by molar-refractivity contribution is 5.37. The van der Waals surface area contributed by atoms with Gasteiger partial charge in [0.25, 0.3) is 0 Å². The number of benzene rings is 1. The van der Waals surface area contributed by atoms with Crippen molar-refractivity contribution >= 4 is 0 Å². The Balaban J connectivity index is 2.43. The van der Waals surface area contributed by atoms with Gasteiger partial charge in [0.15, 0.2) is 0 Å². The summed E-state index contributed by atoms with van der Waals surface area (Å²) in [7, 11) is 2.09. The first-order valence-corrected chi connectivity index (χ1v) is 4.67. The van der Waals surface area contributed by atoms with Gasteiger partial charge in [-0.3, -0.25) is 4.90 Å². The largest absolute Gasteiger partial charge is 0.475 e. The monoisotopic (exact) mass is 177 g/mol. The average Bonchev–Trinajstić information content (AvgIpc) is 2.15. The maximum absolute atomic E-state index is 5.74. The Morgan fingerprint density at radius 2 is 1.92 bits per heavy atom. The molecule has 0 aromatic heterocycles. The molecule has 0 radical (unpaired) electrons. The Morgan fingerprint density at radius 3 is 2.69 bits per heavy atom. The van der Waals surface area contributed by atoms with Gasteiger partial charge < -0.3 is 4.74 Å². The molecule has 0 saturated heterocycles. The van der Waals surface area contributed by atoms with E-state index in [1.807, 2.05) is 12.1 Å². The minimum atomic E-state index is 0.171. The van der Waals surface area contributed by atoms with Crippen LogP contribution in [-0.4, -0.2) is 18.2 Å². The lowest BCUT2D eigenvalue weighted by molar-refractivity contribution is 0.0102. The second-order valence-electron chi connectivity index (χ2n) is 3.60. The average molecular weight is 177 g/mol. The van der Waals surface area contributed by atoms with E-state index in [1.165, 1.54) is 5.56 Å². The van der Waals surface area contributed by atoms with Crippen molar-refractivity contribution in [1.29, 1.82) is 0 Å². The first-order chi connectivity index (χ1) is 6.20. The summed E-state index contributed by atoms with van der Waals surface area (Å²) in [6.07, 6.45) is 0.171. The molecule has 0 bridgehead atoms. The maximum Gasteiger partial charge on any atom is 0.150 e. The maximum atomic E-state index is 5.74. The first kappa shape index (κ1) is 8.57. The van der Waals surface area contributed by atoms with Crippen LogP contribution in [0.5, 0.6) is 5.75 Å². The Kier molecular flexibility index (Phi) is 2.00. The second kappa shape index (κ2) is 3.04. The van der Waals surface area contributed by atoms with Crippen molar-refractivity contribution < 1.29 is 4.74 Å². The van der Waals surface area contributed by atoms with Gasteiger partial charge in [0.05, 0.1) is 0 Å². The van der Waals surface area contributed by atoms with E-state index in [0.717, 1.165) is 5.75 Å². The van der Waals surface area contributed by atoms with Crippen molar-refractivity contribution in [2.75, 3.05) is 7.05 Å². The number of ether oxygens (including phenoxy) is 1. The molecule has 0 fully saturated rings. The van der Waals surface area contributed by atoms with Crippen molar-refractivity contribution in [3.05, 3.63) is 29.8 Å². The molecule has 2 nitrogen and oxygen atoms in total. The summed E-state index contributed by atoms with van der Waals surface area (Å²) >= 11 is 0. The number of hydrogen-bond donors (Lipinski definition) is 0. The molecule has 1 aromatic rings. The molecule has 0 aliphatic carbocycles. The topological polar surface area (TPSA) is 12.5 Å². The fraction of sp³-hybridized carbons (Fsp3) is 0.455. The molecular formula is C11H15NO. The third kappa shape index (κ3) is 1.31. The molecule has 1 aromatic carbocycles. The van der Waals surface area contributed by atoms with E-state index < -0.39 is 0 Å². The van der Waals surface area contributed by atoms with Gasteiger partial charge in [-0.2, -0.15) is 0 Å². The normalized spacial score (nSPS) is 27.9. The van der Waals surface area contributed by atoms with Gasteiger partial charge in [-0.15, -0.1) is 0 Å². The van der Waals surface area contributed by atoms with Crippen LogP contribution >= 0.6 is 0 Å². The fourth-order valence-electron chi connectivity index (χ4n) is 1.73. The zero-order chi connectivity index (χ0) is 9.42. The van der Waals surface area contributed by atoms with Gasteiger partial charge >= 0.3 is 0 Å². The molecule has 0 amide bonds. The summed E-state index contributed by atoms with van der Waals surface area (Å²) in [5.41, 5.74) is 1.28. The summed E-state index contributed by atoms with van der Waals surface area (Å²) in [6, 6.07) is 8.68. The van der Waals surface area contributed by atoms with E-state index in [2.05, 4.69) is 37.9 Å². The summed E-state index contributed by atoms with van der Waals surface area (Å²) in [6.45, 7) is 4.28. The molecule has 0 saturated carbocycles. The van der Waals surface area contributed by atoms with Crippen LogP contribution in [0.4, 0.5) is 0 Å². The first-order valence-electron chi connectivity index (χ1n) is 4.67. The predicted molar refractivity (Wildman–Crippen MR) is 52.7 cm³/mol. The van der Waals surface area contributed by atoms with Gasteiger partial charge in [0, 0.05) is 11.6 Å². The molecule has 0 spiro atoms. The number of rotatable bonds is 0. The third-order valence-corrected chi connectivity index (χ3v) is 2.85. The Morgan fingerprint density at radius 1 is 1.23 bits per heavy atom. The lowest BCUT2D eigenvalue weighted by Crippen LogP contribution is -2.39. The predicted octanol–water partition coefficient (Wildman–Crippen LogP) is 2.42. The molecule has 1 aliphatic heterocycles. The van der Waals surface area contributed by atoms with E-state index in [1.54, 1.807) is 0 Å². The van der Waals surface area contributed by atoms with E-state index in [9.17, 15) is 0 Å². The van der Waals surface area contributed by atoms with Crippen LogP contribution in [-0.2, 0) is 0 Å². The van der Waals surface area contributed by atoms with Crippen LogP contribution in [0.2, 0.25) is 0 Å². The Hall–Kier alpha value is -1.02. The van der Waals surface area contributed by atoms with Gasteiger partial charge in [0.2, 0.25) is 0 Å². The SMILES string of the molecule is CC1Oc2ccccc2C(C)N1C. The van der Waals surface area contributed by atoms with E-state index >= 15 is 0 Å². The highest BCUT2D eigenvalue weighted by Gasteiger charge is 2.26. The number of fused-ring (bicyclic) bond motifs is 1. The van der Waals surface area contributed by atoms with Crippen molar-refractivity contribution in [3.63, 3.8) is 0 Å². The molecule has 70 valence electrons. The molecule has 2 rings (SSSR count). The summed E-state index contributed by atoms with van der Waals surface area (Å²) < 4.78 is 5.74. The minimum Gasteiger partial charge on any atom is -0.475 e. The van der Waals surface area contributed by atoms with Crippen LogP contribution in [0, 0.1) is 0 Å². The lowest BCUT2D eigenvalue weighted by Gasteiger charge is -2.37. The highest BCUT2D eigenvalue weighted by atomic mass is 16.5. The summed E-state index contributed by atoms with van der Waals surface area (Å²) in [4.78, 5) is 2.22. The van der Waals surface area contributed by atoms with Crippen LogP contribution in [0.25, 0.3) is 0 Å². The minimum absolute atomic E-state index is 0.171. The van der Waals surface area contributed by atoms with Gasteiger partial charge in [-0.05, 0) is 27.0 Å². The molecule has 1 aliphatic rings. The van der Waals surface area contributed by atoms with E-state index in [-0.39, 0.29) is 6.23 Å².